The fourth-order valence-corrected chi connectivity index (χ4v) is 5.50. The molecule has 0 unspecified atom stereocenters. The fraction of sp³-hybridized carbons (Fsp3) is 0.400. The lowest BCUT2D eigenvalue weighted by Gasteiger charge is -2.21. The van der Waals surface area contributed by atoms with Crippen molar-refractivity contribution in [3.8, 4) is 0 Å². The van der Waals surface area contributed by atoms with E-state index < -0.39 is 22.5 Å². The lowest BCUT2D eigenvalue weighted by atomic mass is 10.1. The van der Waals surface area contributed by atoms with Crippen LogP contribution >= 0.6 is 0 Å². The summed E-state index contributed by atoms with van der Waals surface area (Å²) in [4.78, 5) is 26.5. The lowest BCUT2D eigenvalue weighted by Crippen LogP contribution is -2.38. The van der Waals surface area contributed by atoms with Crippen molar-refractivity contribution in [1.82, 2.24) is 4.90 Å². The molecule has 0 atom stereocenters. The molecule has 0 spiro atoms. The molecule has 28 heavy (non-hydrogen) atoms. The van der Waals surface area contributed by atoms with Gasteiger partial charge < -0.3 is 9.64 Å². The summed E-state index contributed by atoms with van der Waals surface area (Å²) in [7, 11) is -3.82. The van der Waals surface area contributed by atoms with E-state index in [1.54, 1.807) is 23.1 Å². The molecule has 0 aromatic heterocycles. The third-order valence-electron chi connectivity index (χ3n) is 5.27. The number of rotatable bonds is 4. The average Bonchev–Trinajstić information content (AvgIpc) is 2.89. The quantitative estimate of drug-likeness (QED) is 0.733. The number of sulfonamides is 1. The fourth-order valence-electron chi connectivity index (χ4n) is 3.85. The summed E-state index contributed by atoms with van der Waals surface area (Å²) in [5.41, 5.74) is 0.462. The van der Waals surface area contributed by atoms with E-state index in [4.69, 9.17) is 4.74 Å². The molecule has 8 heteroatoms. The predicted octanol–water partition coefficient (Wildman–Crippen LogP) is 2.29. The van der Waals surface area contributed by atoms with Crippen molar-refractivity contribution in [1.29, 1.82) is 0 Å². The van der Waals surface area contributed by atoms with E-state index in [-0.39, 0.29) is 17.4 Å². The summed E-state index contributed by atoms with van der Waals surface area (Å²) in [6, 6.07) is 10.3. The number of carbonyl (C=O) groups is 2. The van der Waals surface area contributed by atoms with Crippen molar-refractivity contribution in [2.24, 2.45) is 0 Å². The summed E-state index contributed by atoms with van der Waals surface area (Å²) in [6.07, 6.45) is 4.10. The molecule has 4 rings (SSSR count). The lowest BCUT2D eigenvalue weighted by molar-refractivity contribution is -0.150. The molecule has 7 nitrogen and oxygen atoms in total. The Morgan fingerprint density at radius 3 is 2.36 bits per heavy atom. The second-order valence-corrected chi connectivity index (χ2v) is 8.93. The van der Waals surface area contributed by atoms with E-state index in [1.807, 2.05) is 12.1 Å². The molecule has 1 amide bonds. The van der Waals surface area contributed by atoms with E-state index in [9.17, 15) is 18.0 Å². The highest BCUT2D eigenvalue weighted by Crippen LogP contribution is 2.41. The Bertz CT molecular complexity index is 1020. The Kier molecular flexibility index (Phi) is 4.97. The number of likely N-dealkylation sites (tertiary alicyclic amines) is 1. The predicted molar refractivity (Wildman–Crippen MR) is 104 cm³/mol. The smallest absolute Gasteiger partial charge is 0.327 e. The number of nitrogens with zero attached hydrogens (tertiary/aromatic N) is 2. The molecular formula is C20H22N2O5S. The van der Waals surface area contributed by atoms with Crippen molar-refractivity contribution in [3.05, 3.63) is 36.4 Å². The molecule has 0 aliphatic carbocycles. The Balaban J connectivity index is 1.45. The van der Waals surface area contributed by atoms with E-state index >= 15 is 0 Å². The first kappa shape index (κ1) is 18.7. The third kappa shape index (κ3) is 3.32. The summed E-state index contributed by atoms with van der Waals surface area (Å²) >= 11 is 0. The molecule has 0 saturated carbocycles. The molecular weight excluding hydrogens is 380 g/mol. The van der Waals surface area contributed by atoms with E-state index in [0.717, 1.165) is 35.4 Å². The zero-order valence-electron chi connectivity index (χ0n) is 15.5. The first-order valence-corrected chi connectivity index (χ1v) is 10.9. The molecule has 0 radical (unpaired) electrons. The molecule has 1 fully saturated rings. The van der Waals surface area contributed by atoms with Gasteiger partial charge in [0.15, 0.2) is 6.61 Å². The largest absolute Gasteiger partial charge is 0.454 e. The summed E-state index contributed by atoms with van der Waals surface area (Å²) in [5.74, 6) is -0.971. The zero-order valence-corrected chi connectivity index (χ0v) is 16.3. The van der Waals surface area contributed by atoms with Gasteiger partial charge in [-0.2, -0.15) is 0 Å². The van der Waals surface area contributed by atoms with Crippen molar-refractivity contribution in [2.75, 3.05) is 30.5 Å². The normalized spacial score (nSPS) is 18.1. The summed E-state index contributed by atoms with van der Waals surface area (Å²) in [6.45, 7) is 0.537. The number of ether oxygens (including phenoxy) is 1. The number of esters is 1. The van der Waals surface area contributed by atoms with Crippen LogP contribution in [0.5, 0.6) is 0 Å². The summed E-state index contributed by atoms with van der Waals surface area (Å²) in [5, 5.41) is 1.41. The van der Waals surface area contributed by atoms with Crippen LogP contribution in [0.25, 0.3) is 10.8 Å². The van der Waals surface area contributed by atoms with Crippen molar-refractivity contribution in [2.45, 2.75) is 30.6 Å². The maximum Gasteiger partial charge on any atom is 0.327 e. The minimum Gasteiger partial charge on any atom is -0.454 e. The van der Waals surface area contributed by atoms with Gasteiger partial charge in [-0.25, -0.2) is 8.42 Å². The molecule has 2 aliphatic rings. The maximum atomic E-state index is 12.9. The molecule has 1 saturated heterocycles. The van der Waals surface area contributed by atoms with Gasteiger partial charge in [0.25, 0.3) is 15.9 Å². The number of carbonyl (C=O) groups excluding carboxylic acids is 2. The van der Waals surface area contributed by atoms with Gasteiger partial charge in [-0.1, -0.05) is 37.1 Å². The number of anilines is 1. The van der Waals surface area contributed by atoms with Gasteiger partial charge in [0.05, 0.1) is 10.6 Å². The molecule has 2 aliphatic heterocycles. The number of hydrogen-bond donors (Lipinski definition) is 0. The standard InChI is InChI=1S/C20H22N2O5S/c23-18(21-11-3-1-2-4-12-21)14-27-19(24)13-22-16-9-5-7-15-8-6-10-17(20(15)16)28(22,25)26/h5-10H,1-4,11-14H2. The Morgan fingerprint density at radius 1 is 0.964 bits per heavy atom. The molecule has 2 heterocycles. The Labute approximate surface area is 163 Å². The number of amides is 1. The molecule has 0 bridgehead atoms. The molecule has 148 valence electrons. The van der Waals surface area contributed by atoms with E-state index in [1.165, 1.54) is 6.07 Å². The minimum atomic E-state index is -3.82. The van der Waals surface area contributed by atoms with Crippen LogP contribution in [0.2, 0.25) is 0 Å². The van der Waals surface area contributed by atoms with Crippen LogP contribution in [0.4, 0.5) is 5.69 Å². The van der Waals surface area contributed by atoms with Crippen LogP contribution in [0.3, 0.4) is 0 Å². The first-order valence-electron chi connectivity index (χ1n) is 9.46. The highest BCUT2D eigenvalue weighted by atomic mass is 32.2. The van der Waals surface area contributed by atoms with E-state index in [0.29, 0.717) is 24.2 Å². The Hall–Kier alpha value is -2.61. The van der Waals surface area contributed by atoms with Gasteiger partial charge >= 0.3 is 5.97 Å². The molecule has 0 N–H and O–H groups in total. The summed E-state index contributed by atoms with van der Waals surface area (Å²) < 4.78 is 31.9. The van der Waals surface area contributed by atoms with Crippen molar-refractivity contribution in [3.63, 3.8) is 0 Å². The van der Waals surface area contributed by atoms with Gasteiger partial charge in [-0.3, -0.25) is 13.9 Å². The van der Waals surface area contributed by atoms with Crippen molar-refractivity contribution >= 4 is 38.4 Å². The number of benzene rings is 2. The molecule has 2 aromatic rings. The SMILES string of the molecule is O=C(CN1c2cccc3cccc(c23)S1(=O)=O)OCC(=O)N1CCCCCC1. The van der Waals surface area contributed by atoms with Crippen molar-refractivity contribution < 1.29 is 22.7 Å². The second kappa shape index (κ2) is 7.43. The highest BCUT2D eigenvalue weighted by molar-refractivity contribution is 7.93. The van der Waals surface area contributed by atoms with Crippen LogP contribution < -0.4 is 4.31 Å². The number of hydrogen-bond acceptors (Lipinski definition) is 5. The van der Waals surface area contributed by atoms with Gasteiger partial charge in [0.2, 0.25) is 0 Å². The maximum absolute atomic E-state index is 12.9. The van der Waals surface area contributed by atoms with Crippen LogP contribution in [0.15, 0.2) is 41.3 Å². The van der Waals surface area contributed by atoms with Gasteiger partial charge in [-0.15, -0.1) is 0 Å². The van der Waals surface area contributed by atoms with E-state index in [2.05, 4.69) is 0 Å². The Morgan fingerprint density at radius 2 is 1.64 bits per heavy atom. The van der Waals surface area contributed by atoms with Gasteiger partial charge in [-0.05, 0) is 30.4 Å². The highest BCUT2D eigenvalue weighted by Gasteiger charge is 2.37. The van der Waals surface area contributed by atoms with Gasteiger partial charge in [0, 0.05) is 18.5 Å². The average molecular weight is 402 g/mol. The minimum absolute atomic E-state index is 0.189. The van der Waals surface area contributed by atoms with Crippen LogP contribution in [-0.4, -0.2) is 51.4 Å². The topological polar surface area (TPSA) is 84.0 Å². The first-order chi connectivity index (χ1) is 13.5. The monoisotopic (exact) mass is 402 g/mol. The third-order valence-corrected chi connectivity index (χ3v) is 7.07. The van der Waals surface area contributed by atoms with Gasteiger partial charge in [0.1, 0.15) is 6.54 Å². The molecule has 2 aromatic carbocycles. The van der Waals surface area contributed by atoms with Crippen LogP contribution in [0.1, 0.15) is 25.7 Å². The van der Waals surface area contributed by atoms with Crippen LogP contribution in [-0.2, 0) is 24.3 Å². The zero-order chi connectivity index (χ0) is 19.7. The van der Waals surface area contributed by atoms with Crippen LogP contribution in [0, 0.1) is 0 Å². The second-order valence-electron chi connectivity index (χ2n) is 7.10.